The zero-order valence-electron chi connectivity index (χ0n) is 6.79. The summed E-state index contributed by atoms with van der Waals surface area (Å²) in [6.45, 7) is 0.108. The fourth-order valence-electron chi connectivity index (χ4n) is 0.376. The van der Waals surface area contributed by atoms with Crippen LogP contribution < -0.4 is 16.3 Å². The van der Waals surface area contributed by atoms with E-state index in [1.807, 2.05) is 5.48 Å². The van der Waals surface area contributed by atoms with Crippen molar-refractivity contribution >= 4 is 6.03 Å². The number of hydrogen-bond acceptors (Lipinski definition) is 5. The first-order valence-electron chi connectivity index (χ1n) is 3.31. The summed E-state index contributed by atoms with van der Waals surface area (Å²) in [5.74, 6) is 0. The van der Waals surface area contributed by atoms with Gasteiger partial charge in [0.25, 0.3) is 0 Å². The van der Waals surface area contributed by atoms with Crippen LogP contribution in [0.2, 0.25) is 0 Å². The molecular formula is C5H13N3O4. The number of hydrogen-bond donors (Lipinski definition) is 4. The summed E-state index contributed by atoms with van der Waals surface area (Å²) in [5.41, 5.74) is 6.66. The fraction of sp³-hybridized carbons (Fsp3) is 0.800. The van der Waals surface area contributed by atoms with Crippen LogP contribution in [-0.2, 0) is 9.57 Å². The minimum Gasteiger partial charge on any atom is -0.394 e. The number of aliphatic hydroxyl groups excluding tert-OH is 1. The number of carbonyl (C=O) groups excluding carboxylic acids is 1. The highest BCUT2D eigenvalue weighted by molar-refractivity contribution is 5.71. The largest absolute Gasteiger partial charge is 0.394 e. The van der Waals surface area contributed by atoms with Crippen LogP contribution in [0.5, 0.6) is 0 Å². The molecule has 0 atom stereocenters. The average molecular weight is 179 g/mol. The van der Waals surface area contributed by atoms with Crippen LogP contribution in [-0.4, -0.2) is 38.2 Å². The summed E-state index contributed by atoms with van der Waals surface area (Å²) in [6, 6.07) is -0.555. The third-order valence-corrected chi connectivity index (χ3v) is 0.777. The molecular weight excluding hydrogens is 166 g/mol. The van der Waals surface area contributed by atoms with E-state index in [1.165, 1.54) is 7.11 Å². The van der Waals surface area contributed by atoms with E-state index >= 15 is 0 Å². The molecule has 0 heterocycles. The zero-order valence-corrected chi connectivity index (χ0v) is 6.79. The van der Waals surface area contributed by atoms with Gasteiger partial charge in [-0.2, -0.15) is 0 Å². The molecule has 0 aromatic carbocycles. The van der Waals surface area contributed by atoms with E-state index in [1.54, 1.807) is 0 Å². The van der Waals surface area contributed by atoms with E-state index in [0.29, 0.717) is 0 Å². The van der Waals surface area contributed by atoms with Crippen LogP contribution in [0.15, 0.2) is 0 Å². The molecule has 0 aromatic heterocycles. The Morgan fingerprint density at radius 2 is 2.33 bits per heavy atom. The lowest BCUT2D eigenvalue weighted by molar-refractivity contribution is 0.0342. The molecule has 0 aliphatic rings. The van der Waals surface area contributed by atoms with E-state index < -0.39 is 6.03 Å². The van der Waals surface area contributed by atoms with Crippen molar-refractivity contribution in [1.29, 1.82) is 0 Å². The Hall–Kier alpha value is -0.890. The molecule has 4 N–H and O–H groups in total. The summed E-state index contributed by atoms with van der Waals surface area (Å²) in [7, 11) is 1.48. The Labute approximate surface area is 70.0 Å². The van der Waals surface area contributed by atoms with Gasteiger partial charge in [0.05, 0.1) is 13.2 Å². The quantitative estimate of drug-likeness (QED) is 0.222. The molecule has 7 nitrogen and oxygen atoms in total. The van der Waals surface area contributed by atoms with Crippen molar-refractivity contribution in [2.45, 2.75) is 0 Å². The molecule has 0 aromatic rings. The second-order valence-corrected chi connectivity index (χ2v) is 1.74. The minimum absolute atomic E-state index is 0.0533. The fourth-order valence-corrected chi connectivity index (χ4v) is 0.376. The van der Waals surface area contributed by atoms with Gasteiger partial charge in [0.15, 0.2) is 0 Å². The molecule has 72 valence electrons. The number of aliphatic hydroxyl groups is 1. The predicted octanol–water partition coefficient (Wildman–Crippen LogP) is -1.68. The highest BCUT2D eigenvalue weighted by atomic mass is 16.7. The van der Waals surface area contributed by atoms with E-state index in [2.05, 4.69) is 20.4 Å². The Bertz CT molecular complexity index is 109. The second kappa shape index (κ2) is 8.21. The minimum atomic E-state index is -0.555. The topological polar surface area (TPSA) is 91.9 Å². The van der Waals surface area contributed by atoms with Crippen LogP contribution in [0.1, 0.15) is 0 Å². The SMILES string of the molecule is COCNNC(=O)NOCCO. The first-order chi connectivity index (χ1) is 5.81. The van der Waals surface area contributed by atoms with Gasteiger partial charge in [0.2, 0.25) is 0 Å². The van der Waals surface area contributed by atoms with Crippen molar-refractivity contribution in [1.82, 2.24) is 16.3 Å². The van der Waals surface area contributed by atoms with Crippen molar-refractivity contribution in [3.8, 4) is 0 Å². The highest BCUT2D eigenvalue weighted by Crippen LogP contribution is 1.66. The summed E-state index contributed by atoms with van der Waals surface area (Å²) < 4.78 is 4.58. The standard InChI is InChI=1S/C5H13N3O4/c1-11-4-6-7-5(10)8-12-3-2-9/h6,9H,2-4H2,1H3,(H2,7,8,10). The molecule has 0 aliphatic carbocycles. The normalized spacial score (nSPS) is 9.50. The number of ether oxygens (including phenoxy) is 1. The van der Waals surface area contributed by atoms with Crippen molar-refractivity contribution in [2.24, 2.45) is 0 Å². The molecule has 0 aliphatic heterocycles. The Morgan fingerprint density at radius 3 is 2.92 bits per heavy atom. The molecule has 0 spiro atoms. The van der Waals surface area contributed by atoms with Crippen molar-refractivity contribution in [3.05, 3.63) is 0 Å². The lowest BCUT2D eigenvalue weighted by atomic mass is 10.8. The van der Waals surface area contributed by atoms with E-state index in [9.17, 15) is 4.79 Å². The third-order valence-electron chi connectivity index (χ3n) is 0.777. The number of amides is 2. The first-order valence-corrected chi connectivity index (χ1v) is 3.31. The number of urea groups is 1. The number of nitrogens with one attached hydrogen (secondary N) is 3. The molecule has 0 rings (SSSR count). The van der Waals surface area contributed by atoms with Gasteiger partial charge in [0, 0.05) is 7.11 Å². The van der Waals surface area contributed by atoms with E-state index in [0.717, 1.165) is 0 Å². The van der Waals surface area contributed by atoms with Gasteiger partial charge in [-0.1, -0.05) is 0 Å². The molecule has 0 saturated heterocycles. The molecule has 2 amide bonds. The number of methoxy groups -OCH3 is 1. The maximum Gasteiger partial charge on any atom is 0.353 e. The van der Waals surface area contributed by atoms with Crippen LogP contribution in [0.25, 0.3) is 0 Å². The Balaban J connectivity index is 3.10. The smallest absolute Gasteiger partial charge is 0.353 e. The highest BCUT2D eigenvalue weighted by Gasteiger charge is 1.96. The molecule has 0 radical (unpaired) electrons. The molecule has 0 unspecified atom stereocenters. The summed E-state index contributed by atoms with van der Waals surface area (Å²) in [4.78, 5) is 15.1. The number of hydrazine groups is 1. The van der Waals surface area contributed by atoms with E-state index in [-0.39, 0.29) is 19.9 Å². The van der Waals surface area contributed by atoms with Gasteiger partial charge in [-0.3, -0.25) is 10.3 Å². The summed E-state index contributed by atoms with van der Waals surface area (Å²) in [5, 5.41) is 8.26. The van der Waals surface area contributed by atoms with Gasteiger partial charge in [-0.05, 0) is 0 Å². The Kier molecular flexibility index (Phi) is 7.60. The monoisotopic (exact) mass is 179 g/mol. The Morgan fingerprint density at radius 1 is 1.58 bits per heavy atom. The molecule has 7 heteroatoms. The molecule has 0 bridgehead atoms. The first kappa shape index (κ1) is 11.1. The average Bonchev–Trinajstić information content (AvgIpc) is 2.06. The number of hydroxylamine groups is 1. The van der Waals surface area contributed by atoms with Gasteiger partial charge in [-0.15, -0.1) is 0 Å². The van der Waals surface area contributed by atoms with Crippen molar-refractivity contribution < 1.29 is 19.5 Å². The number of rotatable bonds is 6. The van der Waals surface area contributed by atoms with Gasteiger partial charge in [0.1, 0.15) is 6.73 Å². The maximum atomic E-state index is 10.6. The summed E-state index contributed by atoms with van der Waals surface area (Å²) >= 11 is 0. The predicted molar refractivity (Wildman–Crippen MR) is 39.7 cm³/mol. The van der Waals surface area contributed by atoms with Crippen molar-refractivity contribution in [3.63, 3.8) is 0 Å². The van der Waals surface area contributed by atoms with Gasteiger partial charge < -0.3 is 9.84 Å². The van der Waals surface area contributed by atoms with E-state index in [4.69, 9.17) is 5.11 Å². The van der Waals surface area contributed by atoms with Gasteiger partial charge in [-0.25, -0.2) is 15.7 Å². The molecule has 0 saturated carbocycles. The van der Waals surface area contributed by atoms with Crippen molar-refractivity contribution in [2.75, 3.05) is 27.1 Å². The van der Waals surface area contributed by atoms with Gasteiger partial charge >= 0.3 is 6.03 Å². The van der Waals surface area contributed by atoms with Crippen LogP contribution in [0, 0.1) is 0 Å². The summed E-state index contributed by atoms with van der Waals surface area (Å²) in [6.07, 6.45) is 0. The molecule has 12 heavy (non-hydrogen) atoms. The maximum absolute atomic E-state index is 10.6. The zero-order chi connectivity index (χ0) is 9.23. The van der Waals surface area contributed by atoms with Crippen LogP contribution >= 0.6 is 0 Å². The van der Waals surface area contributed by atoms with Crippen LogP contribution in [0.4, 0.5) is 4.79 Å². The number of carbonyl (C=O) groups is 1. The molecule has 0 fully saturated rings. The lowest BCUT2D eigenvalue weighted by Crippen LogP contribution is -2.45. The second-order valence-electron chi connectivity index (χ2n) is 1.74. The van der Waals surface area contributed by atoms with Crippen LogP contribution in [0.3, 0.4) is 0 Å². The third kappa shape index (κ3) is 7.22. The lowest BCUT2D eigenvalue weighted by Gasteiger charge is -2.06.